The van der Waals surface area contributed by atoms with Gasteiger partial charge in [-0.15, -0.1) is 5.10 Å². The van der Waals surface area contributed by atoms with E-state index in [1.165, 1.54) is 6.92 Å². The Bertz CT molecular complexity index is 855. The lowest BCUT2D eigenvalue weighted by atomic mass is 10.1. The van der Waals surface area contributed by atoms with Crippen molar-refractivity contribution in [2.24, 2.45) is 0 Å². The molecule has 0 aliphatic carbocycles. The quantitative estimate of drug-likeness (QED) is 0.730. The van der Waals surface area contributed by atoms with Gasteiger partial charge in [-0.25, -0.2) is 0 Å². The summed E-state index contributed by atoms with van der Waals surface area (Å²) in [6.07, 6.45) is 0.497. The highest BCUT2D eigenvalue weighted by molar-refractivity contribution is 6.04. The summed E-state index contributed by atoms with van der Waals surface area (Å²) in [5.74, 6) is -0.00662. The molecular formula is C18H15N3O3. The molecule has 0 atom stereocenters. The van der Waals surface area contributed by atoms with Crippen molar-refractivity contribution in [2.75, 3.05) is 5.32 Å². The van der Waals surface area contributed by atoms with E-state index in [9.17, 15) is 9.59 Å². The summed E-state index contributed by atoms with van der Waals surface area (Å²) in [6.45, 7) is 1.47. The third-order valence-electron chi connectivity index (χ3n) is 3.44. The number of aromatic nitrogens is 2. The summed E-state index contributed by atoms with van der Waals surface area (Å²) in [7, 11) is 0. The number of carbonyl (C=O) groups excluding carboxylic acids is 2. The first kappa shape index (κ1) is 15.6. The average Bonchev–Trinajstić information content (AvgIpc) is 3.02. The minimum absolute atomic E-state index is 0.0431. The van der Waals surface area contributed by atoms with Crippen molar-refractivity contribution in [1.29, 1.82) is 0 Å². The normalized spacial score (nSPS) is 10.4. The minimum atomic E-state index is -0.375. The molecule has 1 aromatic heterocycles. The van der Waals surface area contributed by atoms with Crippen LogP contribution in [0.5, 0.6) is 0 Å². The molecule has 0 aliphatic rings. The van der Waals surface area contributed by atoms with Crippen LogP contribution in [0, 0.1) is 0 Å². The average molecular weight is 321 g/mol. The highest BCUT2D eigenvalue weighted by atomic mass is 16.4. The first-order valence-electron chi connectivity index (χ1n) is 7.40. The van der Waals surface area contributed by atoms with Gasteiger partial charge in [0.05, 0.1) is 6.42 Å². The van der Waals surface area contributed by atoms with Crippen LogP contribution >= 0.6 is 0 Å². The molecule has 24 heavy (non-hydrogen) atoms. The van der Waals surface area contributed by atoms with Crippen molar-refractivity contribution in [2.45, 2.75) is 13.3 Å². The van der Waals surface area contributed by atoms with E-state index in [0.717, 1.165) is 5.56 Å². The summed E-state index contributed by atoms with van der Waals surface area (Å²) in [5.41, 5.74) is 2.00. The molecule has 1 N–H and O–H groups in total. The molecule has 6 heteroatoms. The van der Waals surface area contributed by atoms with Crippen molar-refractivity contribution in [3.8, 4) is 0 Å². The van der Waals surface area contributed by atoms with Gasteiger partial charge in [-0.2, -0.15) is 0 Å². The molecule has 0 fully saturated rings. The zero-order valence-corrected chi connectivity index (χ0v) is 13.0. The molecule has 0 radical (unpaired) electrons. The number of Topliss-reactive ketones (excluding diaryl/α,β-unsaturated/α-hetero) is 1. The van der Waals surface area contributed by atoms with Gasteiger partial charge in [0.2, 0.25) is 5.89 Å². The van der Waals surface area contributed by atoms with Gasteiger partial charge in [-0.1, -0.05) is 47.6 Å². The molecule has 2 aromatic carbocycles. The minimum Gasteiger partial charge on any atom is -0.407 e. The Kier molecular flexibility index (Phi) is 4.47. The second-order valence-corrected chi connectivity index (χ2v) is 5.25. The number of hydrogen-bond donors (Lipinski definition) is 1. The predicted molar refractivity (Wildman–Crippen MR) is 87.9 cm³/mol. The molecule has 3 aromatic rings. The smallest absolute Gasteiger partial charge is 0.322 e. The number of hydrogen-bond acceptors (Lipinski definition) is 5. The number of rotatable bonds is 5. The van der Waals surface area contributed by atoms with E-state index in [-0.39, 0.29) is 17.7 Å². The molecule has 1 heterocycles. The SMILES string of the molecule is CC(=O)c1ccc(C(=O)Nc2nnc(Cc3ccccc3)o2)cc1. The third-order valence-corrected chi connectivity index (χ3v) is 3.44. The van der Waals surface area contributed by atoms with Gasteiger partial charge in [-0.3, -0.25) is 14.9 Å². The van der Waals surface area contributed by atoms with Crippen molar-refractivity contribution in [3.05, 3.63) is 77.2 Å². The lowest BCUT2D eigenvalue weighted by Crippen LogP contribution is -2.12. The molecule has 0 bridgehead atoms. The number of nitrogens with zero attached hydrogens (tertiary/aromatic N) is 2. The van der Waals surface area contributed by atoms with Crippen LogP contribution in [0.2, 0.25) is 0 Å². The summed E-state index contributed by atoms with van der Waals surface area (Å²) >= 11 is 0. The Morgan fingerprint density at radius 3 is 2.29 bits per heavy atom. The summed E-state index contributed by atoms with van der Waals surface area (Å²) < 4.78 is 5.43. The molecule has 0 spiro atoms. The number of anilines is 1. The monoisotopic (exact) mass is 321 g/mol. The molecule has 0 unspecified atom stereocenters. The molecule has 1 amide bonds. The Labute approximate surface area is 138 Å². The van der Waals surface area contributed by atoms with Gasteiger partial charge in [0.15, 0.2) is 5.78 Å². The molecule has 0 saturated carbocycles. The summed E-state index contributed by atoms with van der Waals surface area (Å²) in [5, 5.41) is 10.3. The molecular weight excluding hydrogens is 306 g/mol. The lowest BCUT2D eigenvalue weighted by molar-refractivity contribution is 0.100. The fraction of sp³-hybridized carbons (Fsp3) is 0.111. The lowest BCUT2D eigenvalue weighted by Gasteiger charge is -2.01. The van der Waals surface area contributed by atoms with E-state index in [0.29, 0.717) is 23.4 Å². The third kappa shape index (κ3) is 3.73. The number of amides is 1. The number of benzene rings is 2. The summed E-state index contributed by atoms with van der Waals surface area (Å²) in [6, 6.07) is 16.1. The van der Waals surface area contributed by atoms with Gasteiger partial charge < -0.3 is 4.42 Å². The number of carbonyl (C=O) groups is 2. The van der Waals surface area contributed by atoms with E-state index in [1.807, 2.05) is 30.3 Å². The van der Waals surface area contributed by atoms with E-state index < -0.39 is 0 Å². The van der Waals surface area contributed by atoms with Crippen molar-refractivity contribution in [3.63, 3.8) is 0 Å². The Morgan fingerprint density at radius 1 is 0.958 bits per heavy atom. The fourth-order valence-corrected chi connectivity index (χ4v) is 2.17. The van der Waals surface area contributed by atoms with Crippen LogP contribution in [-0.2, 0) is 6.42 Å². The van der Waals surface area contributed by atoms with Crippen LogP contribution in [0.15, 0.2) is 59.0 Å². The van der Waals surface area contributed by atoms with Gasteiger partial charge >= 0.3 is 6.01 Å². The van der Waals surface area contributed by atoms with Crippen LogP contribution < -0.4 is 5.32 Å². The Morgan fingerprint density at radius 2 is 1.62 bits per heavy atom. The first-order chi connectivity index (χ1) is 11.6. The topological polar surface area (TPSA) is 85.1 Å². The maximum Gasteiger partial charge on any atom is 0.322 e. The largest absolute Gasteiger partial charge is 0.407 e. The van der Waals surface area contributed by atoms with Gasteiger partial charge in [0.1, 0.15) is 0 Å². The maximum absolute atomic E-state index is 12.1. The Balaban J connectivity index is 1.65. The van der Waals surface area contributed by atoms with E-state index in [4.69, 9.17) is 4.42 Å². The molecule has 0 saturated heterocycles. The highest BCUT2D eigenvalue weighted by Gasteiger charge is 2.12. The zero-order chi connectivity index (χ0) is 16.9. The van der Waals surface area contributed by atoms with Gasteiger partial charge in [0.25, 0.3) is 5.91 Å². The summed E-state index contributed by atoms with van der Waals surface area (Å²) in [4.78, 5) is 23.4. The van der Waals surface area contributed by atoms with Crippen molar-refractivity contribution in [1.82, 2.24) is 10.2 Å². The first-order valence-corrected chi connectivity index (χ1v) is 7.40. The van der Waals surface area contributed by atoms with E-state index in [2.05, 4.69) is 15.5 Å². The van der Waals surface area contributed by atoms with Crippen LogP contribution in [-0.4, -0.2) is 21.9 Å². The van der Waals surface area contributed by atoms with E-state index >= 15 is 0 Å². The number of nitrogens with one attached hydrogen (secondary N) is 1. The Hall–Kier alpha value is -3.28. The van der Waals surface area contributed by atoms with E-state index in [1.54, 1.807) is 24.3 Å². The molecule has 120 valence electrons. The molecule has 0 aliphatic heterocycles. The van der Waals surface area contributed by atoms with Gasteiger partial charge in [0, 0.05) is 11.1 Å². The fourth-order valence-electron chi connectivity index (χ4n) is 2.17. The molecule has 3 rings (SSSR count). The van der Waals surface area contributed by atoms with Crippen LogP contribution in [0.1, 0.15) is 39.1 Å². The number of ketones is 1. The highest BCUT2D eigenvalue weighted by Crippen LogP contribution is 2.13. The molecule has 6 nitrogen and oxygen atoms in total. The predicted octanol–water partition coefficient (Wildman–Crippen LogP) is 3.12. The van der Waals surface area contributed by atoms with Crippen LogP contribution in [0.25, 0.3) is 0 Å². The zero-order valence-electron chi connectivity index (χ0n) is 13.0. The maximum atomic E-state index is 12.1. The van der Waals surface area contributed by atoms with Crippen molar-refractivity contribution >= 4 is 17.7 Å². The van der Waals surface area contributed by atoms with Crippen LogP contribution in [0.3, 0.4) is 0 Å². The van der Waals surface area contributed by atoms with Crippen molar-refractivity contribution < 1.29 is 14.0 Å². The second-order valence-electron chi connectivity index (χ2n) is 5.25. The van der Waals surface area contributed by atoms with Gasteiger partial charge in [-0.05, 0) is 24.6 Å². The second kappa shape index (κ2) is 6.87. The standard InChI is InChI=1S/C18H15N3O3/c1-12(22)14-7-9-15(10-8-14)17(23)19-18-21-20-16(24-18)11-13-5-3-2-4-6-13/h2-10H,11H2,1H3,(H,19,21,23). The van der Waals surface area contributed by atoms with Crippen LogP contribution in [0.4, 0.5) is 6.01 Å².